The lowest BCUT2D eigenvalue weighted by Gasteiger charge is -2.32. The first kappa shape index (κ1) is 17.6. The highest BCUT2D eigenvalue weighted by molar-refractivity contribution is 5.93. The highest BCUT2D eigenvalue weighted by Crippen LogP contribution is 2.36. The van der Waals surface area contributed by atoms with E-state index in [4.69, 9.17) is 10.5 Å². The number of amides is 1. The molecule has 8 heteroatoms. The van der Waals surface area contributed by atoms with Crippen molar-refractivity contribution < 1.29 is 22.7 Å². The topological polar surface area (TPSA) is 58.8 Å². The number of primary amides is 1. The summed E-state index contributed by atoms with van der Waals surface area (Å²) in [7, 11) is 2.03. The van der Waals surface area contributed by atoms with Crippen LogP contribution in [-0.2, 0) is 6.18 Å². The molecule has 0 radical (unpaired) electrons. The number of halogens is 3. The molecule has 1 aliphatic heterocycles. The first-order valence-corrected chi connectivity index (χ1v) is 7.32. The lowest BCUT2D eigenvalue weighted by molar-refractivity contribution is -0.139. The molecule has 0 aromatic heterocycles. The summed E-state index contributed by atoms with van der Waals surface area (Å²) < 4.78 is 44.5. The first-order valence-electron chi connectivity index (χ1n) is 7.32. The van der Waals surface area contributed by atoms with Crippen LogP contribution >= 0.6 is 0 Å². The molecule has 128 valence electrons. The van der Waals surface area contributed by atoms with Gasteiger partial charge in [-0.15, -0.1) is 0 Å². The minimum atomic E-state index is -4.60. The van der Waals surface area contributed by atoms with Gasteiger partial charge in [-0.1, -0.05) is 0 Å². The summed E-state index contributed by atoms with van der Waals surface area (Å²) in [6.07, 6.45) is -4.60. The van der Waals surface area contributed by atoms with Crippen LogP contribution < -0.4 is 10.5 Å². The molecule has 0 aliphatic carbocycles. The molecule has 0 atom stereocenters. The van der Waals surface area contributed by atoms with Crippen LogP contribution in [0.4, 0.5) is 13.2 Å². The minimum absolute atomic E-state index is 0.155. The Labute approximate surface area is 132 Å². The lowest BCUT2D eigenvalue weighted by atomic mass is 10.1. The molecule has 0 unspecified atom stereocenters. The summed E-state index contributed by atoms with van der Waals surface area (Å²) >= 11 is 0. The molecule has 2 N–H and O–H groups in total. The van der Waals surface area contributed by atoms with Crippen LogP contribution in [0, 0.1) is 0 Å². The first-order chi connectivity index (χ1) is 10.8. The van der Waals surface area contributed by atoms with E-state index in [2.05, 4.69) is 9.80 Å². The van der Waals surface area contributed by atoms with E-state index in [9.17, 15) is 18.0 Å². The third-order valence-corrected chi connectivity index (χ3v) is 3.83. The van der Waals surface area contributed by atoms with Gasteiger partial charge in [-0.05, 0) is 25.2 Å². The Kier molecular flexibility index (Phi) is 5.48. The molecule has 1 aliphatic rings. The van der Waals surface area contributed by atoms with E-state index in [1.54, 1.807) is 0 Å². The Balaban J connectivity index is 2.00. The summed E-state index contributed by atoms with van der Waals surface area (Å²) in [5, 5.41) is 0. The molecule has 1 saturated heterocycles. The van der Waals surface area contributed by atoms with Gasteiger partial charge in [0.2, 0.25) is 5.91 Å². The van der Waals surface area contributed by atoms with Crippen molar-refractivity contribution in [3.05, 3.63) is 29.3 Å². The smallest absolute Gasteiger partial charge is 0.419 e. The van der Waals surface area contributed by atoms with E-state index < -0.39 is 17.6 Å². The number of alkyl halides is 3. The van der Waals surface area contributed by atoms with Crippen molar-refractivity contribution in [1.82, 2.24) is 9.80 Å². The average molecular weight is 331 g/mol. The standard InChI is InChI=1S/C15H20F3N3O2/c1-20-4-6-21(7-5-20)8-9-23-13-3-2-11(14(19)22)10-12(13)15(16,17)18/h2-3,10H,4-9H2,1H3,(H2,19,22). The van der Waals surface area contributed by atoms with E-state index in [1.165, 1.54) is 6.07 Å². The largest absolute Gasteiger partial charge is 0.492 e. The monoisotopic (exact) mass is 331 g/mol. The normalized spacial score (nSPS) is 17.2. The van der Waals surface area contributed by atoms with Crippen molar-refractivity contribution in [2.24, 2.45) is 5.73 Å². The summed E-state index contributed by atoms with van der Waals surface area (Å²) in [5.41, 5.74) is 3.86. The van der Waals surface area contributed by atoms with E-state index in [0.717, 1.165) is 38.3 Å². The van der Waals surface area contributed by atoms with Gasteiger partial charge in [0, 0.05) is 38.3 Å². The zero-order valence-corrected chi connectivity index (χ0v) is 12.9. The molecular weight excluding hydrogens is 311 g/mol. The van der Waals surface area contributed by atoms with Crippen LogP contribution in [0.5, 0.6) is 5.75 Å². The fraction of sp³-hybridized carbons (Fsp3) is 0.533. The third kappa shape index (κ3) is 4.84. The second-order valence-electron chi connectivity index (χ2n) is 5.57. The summed E-state index contributed by atoms with van der Waals surface area (Å²) in [6, 6.07) is 3.11. The highest BCUT2D eigenvalue weighted by atomic mass is 19.4. The lowest BCUT2D eigenvalue weighted by Crippen LogP contribution is -2.45. The van der Waals surface area contributed by atoms with Crippen molar-refractivity contribution in [3.8, 4) is 5.75 Å². The molecular formula is C15H20F3N3O2. The van der Waals surface area contributed by atoms with Gasteiger partial charge in [0.1, 0.15) is 12.4 Å². The summed E-state index contributed by atoms with van der Waals surface area (Å²) in [4.78, 5) is 15.4. The summed E-state index contributed by atoms with van der Waals surface area (Å²) in [5.74, 6) is -1.18. The van der Waals surface area contributed by atoms with Gasteiger partial charge in [0.05, 0.1) is 5.56 Å². The van der Waals surface area contributed by atoms with Crippen LogP contribution in [-0.4, -0.2) is 62.1 Å². The summed E-state index contributed by atoms with van der Waals surface area (Å²) in [6.45, 7) is 4.31. The number of rotatable bonds is 5. The number of nitrogens with zero attached hydrogens (tertiary/aromatic N) is 2. The number of benzene rings is 1. The van der Waals surface area contributed by atoms with E-state index in [0.29, 0.717) is 6.54 Å². The van der Waals surface area contributed by atoms with Crippen LogP contribution in [0.15, 0.2) is 18.2 Å². The predicted octanol–water partition coefficient (Wildman–Crippen LogP) is 1.43. The Morgan fingerprint density at radius 3 is 2.48 bits per heavy atom. The van der Waals surface area contributed by atoms with Crippen molar-refractivity contribution in [1.29, 1.82) is 0 Å². The Morgan fingerprint density at radius 2 is 1.91 bits per heavy atom. The number of piperazine rings is 1. The van der Waals surface area contributed by atoms with E-state index in [-0.39, 0.29) is 17.9 Å². The van der Waals surface area contributed by atoms with Crippen molar-refractivity contribution in [2.75, 3.05) is 46.4 Å². The maximum atomic E-state index is 13.1. The Bertz CT molecular complexity index is 555. The van der Waals surface area contributed by atoms with E-state index >= 15 is 0 Å². The number of ether oxygens (including phenoxy) is 1. The zero-order chi connectivity index (χ0) is 17.0. The molecule has 1 aromatic rings. The fourth-order valence-electron chi connectivity index (χ4n) is 2.39. The second kappa shape index (κ2) is 7.18. The van der Waals surface area contributed by atoms with Gasteiger partial charge in [0.15, 0.2) is 0 Å². The molecule has 1 fully saturated rings. The van der Waals surface area contributed by atoms with Crippen molar-refractivity contribution in [2.45, 2.75) is 6.18 Å². The number of nitrogens with two attached hydrogens (primary N) is 1. The van der Waals surface area contributed by atoms with Crippen molar-refractivity contribution >= 4 is 5.91 Å². The number of carbonyl (C=O) groups excluding carboxylic acids is 1. The van der Waals surface area contributed by atoms with Gasteiger partial charge in [-0.25, -0.2) is 0 Å². The fourth-order valence-corrected chi connectivity index (χ4v) is 2.39. The SMILES string of the molecule is CN1CCN(CCOc2ccc(C(N)=O)cc2C(F)(F)F)CC1. The van der Waals surface area contributed by atoms with Crippen LogP contribution in [0.1, 0.15) is 15.9 Å². The molecule has 5 nitrogen and oxygen atoms in total. The Morgan fingerprint density at radius 1 is 1.26 bits per heavy atom. The Hall–Kier alpha value is -1.80. The predicted molar refractivity (Wildman–Crippen MR) is 79.4 cm³/mol. The molecule has 0 spiro atoms. The molecule has 1 aromatic carbocycles. The van der Waals surface area contributed by atoms with Gasteiger partial charge in [-0.3, -0.25) is 9.69 Å². The maximum absolute atomic E-state index is 13.1. The molecule has 1 amide bonds. The molecule has 0 saturated carbocycles. The van der Waals surface area contributed by atoms with Crippen LogP contribution in [0.25, 0.3) is 0 Å². The number of likely N-dealkylation sites (N-methyl/N-ethyl adjacent to an activating group) is 1. The minimum Gasteiger partial charge on any atom is -0.492 e. The van der Waals surface area contributed by atoms with Gasteiger partial charge in [-0.2, -0.15) is 13.2 Å². The van der Waals surface area contributed by atoms with Crippen LogP contribution in [0.3, 0.4) is 0 Å². The van der Waals surface area contributed by atoms with E-state index in [1.807, 2.05) is 7.05 Å². The quantitative estimate of drug-likeness (QED) is 0.887. The van der Waals surface area contributed by atoms with Gasteiger partial charge >= 0.3 is 6.18 Å². The van der Waals surface area contributed by atoms with Gasteiger partial charge < -0.3 is 15.4 Å². The zero-order valence-electron chi connectivity index (χ0n) is 12.9. The molecule has 23 heavy (non-hydrogen) atoms. The third-order valence-electron chi connectivity index (χ3n) is 3.83. The number of carbonyl (C=O) groups is 1. The van der Waals surface area contributed by atoms with Gasteiger partial charge in [0.25, 0.3) is 0 Å². The van der Waals surface area contributed by atoms with Crippen molar-refractivity contribution in [3.63, 3.8) is 0 Å². The van der Waals surface area contributed by atoms with Crippen LogP contribution in [0.2, 0.25) is 0 Å². The molecule has 2 rings (SSSR count). The highest BCUT2D eigenvalue weighted by Gasteiger charge is 2.35. The molecule has 1 heterocycles. The maximum Gasteiger partial charge on any atom is 0.419 e. The average Bonchev–Trinajstić information content (AvgIpc) is 2.48. The second-order valence-corrected chi connectivity index (χ2v) is 5.57. The number of hydrogen-bond acceptors (Lipinski definition) is 4. The number of hydrogen-bond donors (Lipinski definition) is 1. The molecule has 0 bridgehead atoms.